The largest absolute Gasteiger partial charge is 0.481 e. The highest BCUT2D eigenvalue weighted by Gasteiger charge is 2.35. The highest BCUT2D eigenvalue weighted by Crippen LogP contribution is 2.32. The van der Waals surface area contributed by atoms with Gasteiger partial charge in [0.05, 0.1) is 12.0 Å². The van der Waals surface area contributed by atoms with Gasteiger partial charge in [0.15, 0.2) is 0 Å². The van der Waals surface area contributed by atoms with E-state index in [1.807, 2.05) is 51.1 Å². The van der Waals surface area contributed by atoms with Gasteiger partial charge in [-0.2, -0.15) is 5.06 Å². The molecule has 0 spiro atoms. The van der Waals surface area contributed by atoms with Gasteiger partial charge in [-0.25, -0.2) is 0 Å². The van der Waals surface area contributed by atoms with Crippen LogP contribution < -0.4 is 0 Å². The summed E-state index contributed by atoms with van der Waals surface area (Å²) in [6.45, 7) is 7.14. The molecule has 4 nitrogen and oxygen atoms in total. The van der Waals surface area contributed by atoms with E-state index in [2.05, 4.69) is 0 Å². The lowest BCUT2D eigenvalue weighted by molar-refractivity contribution is -0.204. The van der Waals surface area contributed by atoms with Crippen molar-refractivity contribution in [3.8, 4) is 0 Å². The monoisotopic (exact) mass is 251 g/mol. The van der Waals surface area contributed by atoms with Gasteiger partial charge in [0, 0.05) is 5.54 Å². The Morgan fingerprint density at radius 1 is 1.22 bits per heavy atom. The number of nitrogens with zero attached hydrogens (tertiary/aromatic N) is 1. The van der Waals surface area contributed by atoms with Gasteiger partial charge in [-0.1, -0.05) is 30.3 Å². The van der Waals surface area contributed by atoms with Crippen molar-refractivity contribution >= 4 is 5.97 Å². The zero-order chi connectivity index (χ0) is 13.9. The lowest BCUT2D eigenvalue weighted by Gasteiger charge is -2.38. The molecule has 2 atom stereocenters. The van der Waals surface area contributed by atoms with Gasteiger partial charge >= 0.3 is 5.97 Å². The maximum atomic E-state index is 11.2. The molecule has 0 aliphatic carbocycles. The average molecular weight is 251 g/mol. The van der Waals surface area contributed by atoms with Crippen LogP contribution in [0.25, 0.3) is 0 Å². The molecule has 100 valence electrons. The molecule has 0 aromatic heterocycles. The van der Waals surface area contributed by atoms with E-state index in [0.29, 0.717) is 0 Å². The number of hydroxylamine groups is 2. The van der Waals surface area contributed by atoms with Crippen molar-refractivity contribution in [2.24, 2.45) is 5.92 Å². The minimum absolute atomic E-state index is 0.524. The van der Waals surface area contributed by atoms with Crippen molar-refractivity contribution < 1.29 is 15.1 Å². The van der Waals surface area contributed by atoms with E-state index in [9.17, 15) is 15.1 Å². The van der Waals surface area contributed by atoms with Crippen LogP contribution in [0.15, 0.2) is 30.3 Å². The number of hydrogen-bond donors (Lipinski definition) is 2. The molecule has 0 aliphatic rings. The summed E-state index contributed by atoms with van der Waals surface area (Å²) in [7, 11) is 0. The van der Waals surface area contributed by atoms with Gasteiger partial charge in [0.1, 0.15) is 0 Å². The Morgan fingerprint density at radius 3 is 2.11 bits per heavy atom. The van der Waals surface area contributed by atoms with E-state index < -0.39 is 23.5 Å². The van der Waals surface area contributed by atoms with Crippen LogP contribution in [0.1, 0.15) is 39.3 Å². The summed E-state index contributed by atoms with van der Waals surface area (Å²) in [5.41, 5.74) is 0.273. The topological polar surface area (TPSA) is 60.8 Å². The number of hydrogen-bond acceptors (Lipinski definition) is 3. The molecule has 18 heavy (non-hydrogen) atoms. The zero-order valence-electron chi connectivity index (χ0n) is 11.3. The van der Waals surface area contributed by atoms with Crippen LogP contribution in [-0.2, 0) is 4.79 Å². The van der Waals surface area contributed by atoms with Crippen LogP contribution >= 0.6 is 0 Å². The lowest BCUT2D eigenvalue weighted by atomic mass is 9.91. The molecule has 0 aliphatic heterocycles. The molecular formula is C14H21NO3. The normalized spacial score (nSPS) is 15.4. The van der Waals surface area contributed by atoms with Crippen LogP contribution in [0.2, 0.25) is 0 Å². The van der Waals surface area contributed by atoms with Crippen LogP contribution in [0.3, 0.4) is 0 Å². The number of benzene rings is 1. The summed E-state index contributed by atoms with van der Waals surface area (Å²) in [5.74, 6) is -1.62. The van der Waals surface area contributed by atoms with Crippen molar-refractivity contribution in [2.45, 2.75) is 39.3 Å². The minimum Gasteiger partial charge on any atom is -0.481 e. The van der Waals surface area contributed by atoms with E-state index in [-0.39, 0.29) is 0 Å². The van der Waals surface area contributed by atoms with Crippen LogP contribution in [0.4, 0.5) is 0 Å². The summed E-state index contributed by atoms with van der Waals surface area (Å²) in [6, 6.07) is 8.65. The molecule has 0 heterocycles. The molecule has 1 aromatic carbocycles. The number of carboxylic acid groups (broad SMARTS) is 1. The average Bonchev–Trinajstić information content (AvgIpc) is 2.29. The van der Waals surface area contributed by atoms with Crippen LogP contribution in [0, 0.1) is 5.92 Å². The first-order valence-electron chi connectivity index (χ1n) is 6.01. The Bertz CT molecular complexity index is 397. The van der Waals surface area contributed by atoms with Gasteiger partial charge < -0.3 is 10.3 Å². The predicted octanol–water partition coefficient (Wildman–Crippen LogP) is 2.94. The third-order valence-electron chi connectivity index (χ3n) is 2.96. The molecule has 0 bridgehead atoms. The molecule has 0 fully saturated rings. The molecule has 0 saturated heterocycles. The first-order chi connectivity index (χ1) is 8.25. The SMILES string of the molecule is CC(C(=O)O)C(c1ccccc1)N(O)C(C)(C)C. The molecule has 2 N–H and O–H groups in total. The lowest BCUT2D eigenvalue weighted by Crippen LogP contribution is -2.45. The van der Waals surface area contributed by atoms with Crippen LogP contribution in [-0.4, -0.2) is 26.9 Å². The van der Waals surface area contributed by atoms with E-state index in [4.69, 9.17) is 0 Å². The number of rotatable bonds is 4. The number of carboxylic acids is 1. The van der Waals surface area contributed by atoms with Gasteiger partial charge in [0.25, 0.3) is 0 Å². The Balaban J connectivity index is 3.15. The second-order valence-corrected chi connectivity index (χ2v) is 5.50. The molecule has 0 amide bonds. The molecular weight excluding hydrogens is 230 g/mol. The van der Waals surface area contributed by atoms with Crippen molar-refractivity contribution in [1.82, 2.24) is 5.06 Å². The Morgan fingerprint density at radius 2 is 1.72 bits per heavy atom. The van der Waals surface area contributed by atoms with Crippen molar-refractivity contribution in [1.29, 1.82) is 0 Å². The van der Waals surface area contributed by atoms with Gasteiger partial charge in [-0.05, 0) is 33.3 Å². The Labute approximate surface area is 108 Å². The summed E-state index contributed by atoms with van der Waals surface area (Å²) in [5, 5.41) is 20.6. The summed E-state index contributed by atoms with van der Waals surface area (Å²) in [6.07, 6.45) is 0. The van der Waals surface area contributed by atoms with Gasteiger partial charge in [0.2, 0.25) is 0 Å². The summed E-state index contributed by atoms with van der Waals surface area (Å²) in [4.78, 5) is 11.2. The standard InChI is InChI=1S/C14H21NO3/c1-10(13(16)17)12(15(18)14(2,3)4)11-8-6-5-7-9-11/h5-10,12,18H,1-4H3,(H,16,17). The van der Waals surface area contributed by atoms with E-state index in [1.54, 1.807) is 6.92 Å². The fourth-order valence-corrected chi connectivity index (χ4v) is 1.84. The fraction of sp³-hybridized carbons (Fsp3) is 0.500. The van der Waals surface area contributed by atoms with Crippen molar-refractivity contribution in [3.63, 3.8) is 0 Å². The smallest absolute Gasteiger partial charge is 0.308 e. The molecule has 0 radical (unpaired) electrons. The molecule has 1 aromatic rings. The number of carbonyl (C=O) groups is 1. The molecule has 1 rings (SSSR count). The van der Waals surface area contributed by atoms with Crippen molar-refractivity contribution in [2.75, 3.05) is 0 Å². The quantitative estimate of drug-likeness (QED) is 0.808. The second-order valence-electron chi connectivity index (χ2n) is 5.50. The molecule has 4 heteroatoms. The van der Waals surface area contributed by atoms with E-state index in [1.165, 1.54) is 0 Å². The second kappa shape index (κ2) is 5.50. The van der Waals surface area contributed by atoms with Gasteiger partial charge in [-0.3, -0.25) is 4.79 Å². The highest BCUT2D eigenvalue weighted by atomic mass is 16.5. The Hall–Kier alpha value is -1.39. The maximum absolute atomic E-state index is 11.2. The Kier molecular flexibility index (Phi) is 4.48. The zero-order valence-corrected chi connectivity index (χ0v) is 11.3. The first-order valence-corrected chi connectivity index (χ1v) is 6.01. The minimum atomic E-state index is -0.924. The fourth-order valence-electron chi connectivity index (χ4n) is 1.84. The highest BCUT2D eigenvalue weighted by molar-refractivity contribution is 5.70. The third-order valence-corrected chi connectivity index (χ3v) is 2.96. The predicted molar refractivity (Wildman–Crippen MR) is 69.4 cm³/mol. The summed E-state index contributed by atoms with van der Waals surface area (Å²) >= 11 is 0. The third kappa shape index (κ3) is 3.31. The number of aliphatic carboxylic acids is 1. The van der Waals surface area contributed by atoms with Gasteiger partial charge in [-0.15, -0.1) is 0 Å². The summed E-state index contributed by atoms with van der Waals surface area (Å²) < 4.78 is 0. The van der Waals surface area contributed by atoms with E-state index in [0.717, 1.165) is 10.6 Å². The molecule has 0 saturated carbocycles. The molecule has 2 unspecified atom stereocenters. The van der Waals surface area contributed by atoms with Crippen molar-refractivity contribution in [3.05, 3.63) is 35.9 Å². The first kappa shape index (κ1) is 14.7. The van der Waals surface area contributed by atoms with Crippen LogP contribution in [0.5, 0.6) is 0 Å². The van der Waals surface area contributed by atoms with E-state index >= 15 is 0 Å². The maximum Gasteiger partial charge on any atom is 0.308 e.